The lowest BCUT2D eigenvalue weighted by Gasteiger charge is -2.37. The fourth-order valence-electron chi connectivity index (χ4n) is 2.42. The van der Waals surface area contributed by atoms with E-state index in [0.29, 0.717) is 30.7 Å². The van der Waals surface area contributed by atoms with Crippen molar-refractivity contribution >= 4 is 33.4 Å². The molecule has 0 bridgehead atoms. The summed E-state index contributed by atoms with van der Waals surface area (Å²) in [6.45, 7) is 5.82. The van der Waals surface area contributed by atoms with Gasteiger partial charge in [0.1, 0.15) is 5.82 Å². The van der Waals surface area contributed by atoms with E-state index in [2.05, 4.69) is 21.2 Å². The van der Waals surface area contributed by atoms with E-state index >= 15 is 0 Å². The number of nitrogens with zero attached hydrogens (tertiary/aromatic N) is 2. The Kier molecular flexibility index (Phi) is 5.52. The summed E-state index contributed by atoms with van der Waals surface area (Å²) in [5, 5.41) is 2.61. The van der Waals surface area contributed by atoms with Crippen LogP contribution in [0.2, 0.25) is 0 Å². The third-order valence-electron chi connectivity index (χ3n) is 3.88. The molecular weight excluding hydrogens is 353 g/mol. The van der Waals surface area contributed by atoms with Gasteiger partial charge in [-0.2, -0.15) is 0 Å². The van der Waals surface area contributed by atoms with Gasteiger partial charge in [0.05, 0.1) is 11.7 Å². The van der Waals surface area contributed by atoms with Crippen molar-refractivity contribution in [3.8, 4) is 0 Å². The van der Waals surface area contributed by atoms with E-state index in [1.54, 1.807) is 24.8 Å². The molecule has 0 radical (unpaired) electrons. The molecule has 1 fully saturated rings. The first-order chi connectivity index (χ1) is 10.4. The molecule has 2 rings (SSSR count). The lowest BCUT2D eigenvalue weighted by Crippen LogP contribution is -2.53. The Labute approximate surface area is 137 Å². The molecule has 1 aromatic carbocycles. The molecule has 1 aliphatic heterocycles. The lowest BCUT2D eigenvalue weighted by molar-refractivity contribution is -0.131. The van der Waals surface area contributed by atoms with Crippen molar-refractivity contribution in [3.05, 3.63) is 28.5 Å². The van der Waals surface area contributed by atoms with Crippen LogP contribution in [0.3, 0.4) is 0 Å². The van der Waals surface area contributed by atoms with Crippen molar-refractivity contribution in [2.24, 2.45) is 0 Å². The molecule has 2 amide bonds. The summed E-state index contributed by atoms with van der Waals surface area (Å²) < 4.78 is 14.4. The van der Waals surface area contributed by atoms with E-state index in [0.717, 1.165) is 0 Å². The maximum absolute atomic E-state index is 13.8. The number of carbonyl (C=O) groups excluding carboxylic acids is 2. The van der Waals surface area contributed by atoms with Crippen molar-refractivity contribution < 1.29 is 14.0 Å². The molecule has 120 valence electrons. The molecular formula is C15H19BrFN3O2. The monoisotopic (exact) mass is 371 g/mol. The Hall–Kier alpha value is -1.47. The molecule has 0 spiro atoms. The first kappa shape index (κ1) is 16.9. The van der Waals surface area contributed by atoms with Gasteiger partial charge >= 0.3 is 0 Å². The minimum atomic E-state index is -0.476. The van der Waals surface area contributed by atoms with E-state index in [1.165, 1.54) is 12.1 Å². The highest BCUT2D eigenvalue weighted by Gasteiger charge is 2.26. The summed E-state index contributed by atoms with van der Waals surface area (Å²) in [7, 11) is 0. The van der Waals surface area contributed by atoms with Gasteiger partial charge in [-0.15, -0.1) is 0 Å². The van der Waals surface area contributed by atoms with Gasteiger partial charge < -0.3 is 10.2 Å². The van der Waals surface area contributed by atoms with Gasteiger partial charge in [0.15, 0.2) is 0 Å². The first-order valence-electron chi connectivity index (χ1n) is 7.14. The van der Waals surface area contributed by atoms with Crippen LogP contribution in [0, 0.1) is 5.82 Å². The number of benzene rings is 1. The van der Waals surface area contributed by atoms with Crippen LogP contribution >= 0.6 is 15.9 Å². The van der Waals surface area contributed by atoms with Gasteiger partial charge in [-0.3, -0.25) is 14.5 Å². The molecule has 1 heterocycles. The second-order valence-corrected chi connectivity index (χ2v) is 6.25. The summed E-state index contributed by atoms with van der Waals surface area (Å²) in [6.07, 6.45) is 0. The minimum absolute atomic E-state index is 0.0497. The highest BCUT2D eigenvalue weighted by molar-refractivity contribution is 9.10. The molecule has 7 heteroatoms. The summed E-state index contributed by atoms with van der Waals surface area (Å²) in [5.41, 5.74) is 0.169. The van der Waals surface area contributed by atoms with Gasteiger partial charge in [0.25, 0.3) is 0 Å². The highest BCUT2D eigenvalue weighted by Crippen LogP contribution is 2.20. The molecule has 1 aliphatic rings. The van der Waals surface area contributed by atoms with Crippen molar-refractivity contribution in [1.82, 2.24) is 9.80 Å². The molecule has 1 N–H and O–H groups in total. The molecule has 0 saturated carbocycles. The van der Waals surface area contributed by atoms with Crippen molar-refractivity contribution in [1.29, 1.82) is 0 Å². The predicted molar refractivity (Wildman–Crippen MR) is 86.0 cm³/mol. The van der Waals surface area contributed by atoms with Gasteiger partial charge in [-0.1, -0.05) is 15.9 Å². The largest absolute Gasteiger partial charge is 0.340 e. The number of hydrogen-bond donors (Lipinski definition) is 1. The van der Waals surface area contributed by atoms with E-state index in [4.69, 9.17) is 0 Å². The molecule has 1 atom stereocenters. The fraction of sp³-hybridized carbons (Fsp3) is 0.467. The number of nitrogens with one attached hydrogen (secondary N) is 1. The Morgan fingerprint density at radius 1 is 1.27 bits per heavy atom. The normalized spacial score (nSPS) is 17.2. The Morgan fingerprint density at radius 3 is 2.45 bits per heavy atom. The van der Waals surface area contributed by atoms with E-state index < -0.39 is 5.82 Å². The molecule has 5 nitrogen and oxygen atoms in total. The number of halogens is 2. The number of amides is 2. The third-order valence-corrected chi connectivity index (χ3v) is 4.37. The van der Waals surface area contributed by atoms with Crippen LogP contribution in [0.5, 0.6) is 0 Å². The standard InChI is InChI=1S/C15H19BrFN3O2/c1-10(19-5-7-20(8-6-19)11(2)21)15(22)18-14-4-3-12(16)9-13(14)17/h3-4,9-10H,5-8H2,1-2H3,(H,18,22)/t10-/m0/s1. The minimum Gasteiger partial charge on any atom is -0.340 e. The third kappa shape index (κ3) is 4.04. The molecule has 0 unspecified atom stereocenters. The molecule has 1 saturated heterocycles. The van der Waals surface area contributed by atoms with Crippen LogP contribution in [-0.4, -0.2) is 53.8 Å². The topological polar surface area (TPSA) is 52.7 Å². The number of anilines is 1. The highest BCUT2D eigenvalue weighted by atomic mass is 79.9. The average molecular weight is 372 g/mol. The zero-order valence-electron chi connectivity index (χ0n) is 12.6. The van der Waals surface area contributed by atoms with Gasteiger partial charge in [0, 0.05) is 37.6 Å². The molecule has 0 aromatic heterocycles. The molecule has 22 heavy (non-hydrogen) atoms. The van der Waals surface area contributed by atoms with E-state index in [1.807, 2.05) is 4.90 Å². The Bertz CT molecular complexity index is 574. The Balaban J connectivity index is 1.94. The zero-order valence-corrected chi connectivity index (χ0v) is 14.2. The number of hydrogen-bond acceptors (Lipinski definition) is 3. The maximum atomic E-state index is 13.8. The van der Waals surface area contributed by atoms with Crippen LogP contribution in [0.1, 0.15) is 13.8 Å². The number of piperazine rings is 1. The quantitative estimate of drug-likeness (QED) is 0.884. The summed E-state index contributed by atoms with van der Waals surface area (Å²) in [4.78, 5) is 27.3. The molecule has 1 aromatic rings. The number of rotatable bonds is 3. The van der Waals surface area contributed by atoms with Gasteiger partial charge in [0.2, 0.25) is 11.8 Å². The van der Waals surface area contributed by atoms with Crippen LogP contribution in [0.4, 0.5) is 10.1 Å². The van der Waals surface area contributed by atoms with E-state index in [-0.39, 0.29) is 23.5 Å². The summed E-state index contributed by atoms with van der Waals surface area (Å²) in [6, 6.07) is 4.13. The van der Waals surface area contributed by atoms with Crippen molar-refractivity contribution in [2.45, 2.75) is 19.9 Å². The van der Waals surface area contributed by atoms with E-state index in [9.17, 15) is 14.0 Å². The maximum Gasteiger partial charge on any atom is 0.241 e. The Morgan fingerprint density at radius 2 is 1.91 bits per heavy atom. The zero-order chi connectivity index (χ0) is 16.3. The first-order valence-corrected chi connectivity index (χ1v) is 7.93. The average Bonchev–Trinajstić information content (AvgIpc) is 2.49. The summed E-state index contributed by atoms with van der Waals surface area (Å²) >= 11 is 3.18. The fourth-order valence-corrected chi connectivity index (χ4v) is 2.75. The second-order valence-electron chi connectivity index (χ2n) is 5.33. The van der Waals surface area contributed by atoms with Gasteiger partial charge in [-0.05, 0) is 25.1 Å². The summed E-state index contributed by atoms with van der Waals surface area (Å²) in [5.74, 6) is -0.678. The van der Waals surface area contributed by atoms with Crippen molar-refractivity contribution in [2.75, 3.05) is 31.5 Å². The van der Waals surface area contributed by atoms with Crippen LogP contribution in [-0.2, 0) is 9.59 Å². The van der Waals surface area contributed by atoms with Crippen LogP contribution in [0.25, 0.3) is 0 Å². The lowest BCUT2D eigenvalue weighted by atomic mass is 10.2. The smallest absolute Gasteiger partial charge is 0.241 e. The van der Waals surface area contributed by atoms with Crippen LogP contribution in [0.15, 0.2) is 22.7 Å². The second kappa shape index (κ2) is 7.19. The molecule has 0 aliphatic carbocycles. The van der Waals surface area contributed by atoms with Crippen LogP contribution < -0.4 is 5.32 Å². The number of carbonyl (C=O) groups is 2. The SMILES string of the molecule is CC(=O)N1CCN([C@@H](C)C(=O)Nc2ccc(Br)cc2F)CC1. The van der Waals surface area contributed by atoms with Gasteiger partial charge in [-0.25, -0.2) is 4.39 Å². The predicted octanol–water partition coefficient (Wildman–Crippen LogP) is 2.08. The van der Waals surface area contributed by atoms with Crippen molar-refractivity contribution in [3.63, 3.8) is 0 Å².